The fourth-order valence-electron chi connectivity index (χ4n) is 3.91. The van der Waals surface area contributed by atoms with E-state index in [0.717, 1.165) is 5.56 Å². The van der Waals surface area contributed by atoms with E-state index in [-0.39, 0.29) is 11.5 Å². The highest BCUT2D eigenvalue weighted by Crippen LogP contribution is 2.33. The van der Waals surface area contributed by atoms with Gasteiger partial charge in [-0.1, -0.05) is 66.7 Å². The van der Waals surface area contributed by atoms with Crippen LogP contribution < -0.4 is 10.0 Å². The van der Waals surface area contributed by atoms with Crippen LogP contribution in [-0.4, -0.2) is 16.8 Å². The summed E-state index contributed by atoms with van der Waals surface area (Å²) < 4.78 is 11.6. The van der Waals surface area contributed by atoms with Gasteiger partial charge in [0, 0.05) is 17.7 Å². The number of benzene rings is 3. The van der Waals surface area contributed by atoms with E-state index in [1.54, 1.807) is 30.3 Å². The van der Waals surface area contributed by atoms with Crippen LogP contribution in [-0.2, 0) is 9.59 Å². The Morgan fingerprint density at radius 3 is 1.74 bits per heavy atom. The molecule has 1 aliphatic heterocycles. The first-order valence-corrected chi connectivity index (χ1v) is 10.7. The van der Waals surface area contributed by atoms with E-state index in [1.807, 2.05) is 66.7 Å². The molecule has 164 valence electrons. The highest BCUT2D eigenvalue weighted by Gasteiger charge is 2.43. The van der Waals surface area contributed by atoms with Crippen LogP contribution in [0.25, 0.3) is 28.7 Å². The lowest BCUT2D eigenvalue weighted by Crippen LogP contribution is -2.41. The predicted octanol–water partition coefficient (Wildman–Crippen LogP) is 5.47. The zero-order valence-electron chi connectivity index (χ0n) is 17.8. The second-order valence-corrected chi connectivity index (χ2v) is 7.66. The molecule has 0 N–H and O–H groups in total. The molecule has 7 nitrogen and oxygen atoms in total. The fourth-order valence-corrected chi connectivity index (χ4v) is 3.91. The quantitative estimate of drug-likeness (QED) is 0.270. The van der Waals surface area contributed by atoms with Gasteiger partial charge in [0.1, 0.15) is 11.3 Å². The lowest BCUT2D eigenvalue weighted by Gasteiger charge is -2.27. The number of hydrogen-bond acceptors (Lipinski definition) is 5. The number of aromatic nitrogens is 1. The van der Waals surface area contributed by atoms with E-state index in [4.69, 9.17) is 8.83 Å². The number of oxazole rings is 1. The molecule has 0 saturated carbocycles. The van der Waals surface area contributed by atoms with Gasteiger partial charge in [-0.2, -0.15) is 4.98 Å². The molecule has 7 heteroatoms. The van der Waals surface area contributed by atoms with Gasteiger partial charge in [-0.15, -0.1) is 0 Å². The molecule has 3 aromatic carbocycles. The molecule has 2 amide bonds. The molecule has 1 saturated heterocycles. The van der Waals surface area contributed by atoms with E-state index >= 15 is 0 Å². The number of para-hydroxylation sites is 2. The molecule has 1 aliphatic rings. The number of rotatable bonds is 4. The Kier molecular flexibility index (Phi) is 4.59. The van der Waals surface area contributed by atoms with E-state index in [2.05, 4.69) is 4.98 Å². The summed E-state index contributed by atoms with van der Waals surface area (Å²) in [7, 11) is 0. The molecule has 6 rings (SSSR count). The minimum absolute atomic E-state index is 0.0557. The first kappa shape index (κ1) is 19.8. The molecule has 5 aromatic rings. The van der Waals surface area contributed by atoms with E-state index < -0.39 is 11.8 Å². The van der Waals surface area contributed by atoms with Gasteiger partial charge in [0.15, 0.2) is 5.58 Å². The van der Waals surface area contributed by atoms with Crippen LogP contribution in [0.5, 0.6) is 0 Å². The smallest absolute Gasteiger partial charge is 0.283 e. The predicted molar refractivity (Wildman–Crippen MR) is 128 cm³/mol. The van der Waals surface area contributed by atoms with Gasteiger partial charge in [-0.05, 0) is 24.3 Å². The summed E-state index contributed by atoms with van der Waals surface area (Å²) in [5.41, 5.74) is 2.71. The first-order chi connectivity index (χ1) is 16.7. The van der Waals surface area contributed by atoms with Crippen LogP contribution in [0.15, 0.2) is 111 Å². The van der Waals surface area contributed by atoms with Crippen LogP contribution in [0.2, 0.25) is 0 Å². The fraction of sp³-hybridized carbons (Fsp3) is 0. The third-order valence-electron chi connectivity index (χ3n) is 5.48. The Labute approximate surface area is 194 Å². The Morgan fingerprint density at radius 1 is 0.676 bits per heavy atom. The molecule has 0 aliphatic carbocycles. The van der Waals surface area contributed by atoms with Crippen LogP contribution in [0.4, 0.5) is 11.4 Å². The summed E-state index contributed by atoms with van der Waals surface area (Å²) in [4.78, 5) is 31.1. The van der Waals surface area contributed by atoms with Crippen LogP contribution >= 0.6 is 0 Å². The third-order valence-corrected chi connectivity index (χ3v) is 5.48. The number of furan rings is 1. The lowest BCUT2D eigenvalue weighted by atomic mass is 10.2. The molecule has 2 aromatic heterocycles. The Hall–Kier alpha value is -4.91. The van der Waals surface area contributed by atoms with Crippen molar-refractivity contribution in [3.05, 3.63) is 109 Å². The molecule has 34 heavy (non-hydrogen) atoms. The first-order valence-electron chi connectivity index (χ1n) is 10.7. The summed E-state index contributed by atoms with van der Waals surface area (Å²) in [5.74, 6) is -0.202. The van der Waals surface area contributed by atoms with Crippen LogP contribution in [0, 0.1) is 0 Å². The van der Waals surface area contributed by atoms with Crippen molar-refractivity contribution in [2.24, 2.45) is 0 Å². The monoisotopic (exact) mass is 447 g/mol. The number of carbonyl (C=O) groups is 2. The molecule has 1 fully saturated rings. The average Bonchev–Trinajstić information content (AvgIpc) is 3.52. The topological polar surface area (TPSA) is 79.8 Å². The van der Waals surface area contributed by atoms with Crippen molar-refractivity contribution in [1.29, 1.82) is 0 Å². The average molecular weight is 447 g/mol. The molecular weight excluding hydrogens is 430 g/mol. The van der Waals surface area contributed by atoms with Gasteiger partial charge in [0.25, 0.3) is 17.5 Å². The van der Waals surface area contributed by atoms with Crippen molar-refractivity contribution in [1.82, 2.24) is 4.98 Å². The van der Waals surface area contributed by atoms with E-state index in [9.17, 15) is 9.59 Å². The highest BCUT2D eigenvalue weighted by atomic mass is 16.4. The molecule has 0 atom stereocenters. The number of hydrogen-bond donors (Lipinski definition) is 0. The molecule has 0 radical (unpaired) electrons. The maximum Gasteiger partial charge on any atom is 0.283 e. The molecular formula is C27H17N3O4. The maximum absolute atomic E-state index is 13.4. The van der Waals surface area contributed by atoms with Crippen molar-refractivity contribution in [3.63, 3.8) is 0 Å². The summed E-state index contributed by atoms with van der Waals surface area (Å²) >= 11 is 0. The van der Waals surface area contributed by atoms with Gasteiger partial charge in [0.2, 0.25) is 5.89 Å². The molecule has 3 heterocycles. The zero-order valence-corrected chi connectivity index (χ0v) is 17.8. The largest absolute Gasteiger partial charge is 0.435 e. The Balaban J connectivity index is 1.40. The van der Waals surface area contributed by atoms with Gasteiger partial charge in [-0.25, -0.2) is 10.0 Å². The van der Waals surface area contributed by atoms with Gasteiger partial charge in [-0.3, -0.25) is 9.59 Å². The van der Waals surface area contributed by atoms with Crippen LogP contribution in [0.3, 0.4) is 0 Å². The highest BCUT2D eigenvalue weighted by molar-refractivity contribution is 6.37. The van der Waals surface area contributed by atoms with Gasteiger partial charge >= 0.3 is 0 Å². The number of hydrazine groups is 1. The summed E-state index contributed by atoms with van der Waals surface area (Å²) in [6, 6.07) is 29.4. The third kappa shape index (κ3) is 3.27. The normalized spacial score (nSPS) is 13.8. The zero-order chi connectivity index (χ0) is 23.1. The van der Waals surface area contributed by atoms with Crippen LogP contribution in [0.1, 0.15) is 5.89 Å². The molecule has 0 spiro atoms. The number of amides is 2. The summed E-state index contributed by atoms with van der Waals surface area (Å²) in [5, 5.41) is 2.70. The Morgan fingerprint density at radius 2 is 1.21 bits per heavy atom. The van der Waals surface area contributed by atoms with Crippen molar-refractivity contribution in [2.75, 3.05) is 10.0 Å². The van der Waals surface area contributed by atoms with E-state index in [0.29, 0.717) is 28.4 Å². The minimum atomic E-state index is -0.472. The number of nitrogens with zero attached hydrogens (tertiary/aromatic N) is 3. The number of carbonyl (C=O) groups excluding carboxylic acids is 2. The van der Waals surface area contributed by atoms with Crippen molar-refractivity contribution >= 4 is 40.6 Å². The summed E-state index contributed by atoms with van der Waals surface area (Å²) in [6.07, 6.45) is 1.36. The SMILES string of the molecule is O=C1C(=Cc2nc3oc(-c4ccccc4)cc3o2)C(=O)N(c2ccccc2)N1c1ccccc1. The van der Waals surface area contributed by atoms with Crippen molar-refractivity contribution in [3.8, 4) is 11.3 Å². The standard InChI is InChI=1S/C27H17N3O4/c31-26-21(16-24-28-25-23(33-24)17-22(34-25)18-10-4-1-5-11-18)27(32)30(20-14-8-3-9-15-20)29(26)19-12-6-2-7-13-19/h1-17H. The second-order valence-electron chi connectivity index (χ2n) is 7.66. The lowest BCUT2D eigenvalue weighted by molar-refractivity contribution is -0.116. The second kappa shape index (κ2) is 7.90. The Bertz CT molecular complexity index is 1450. The number of anilines is 2. The molecule has 0 unspecified atom stereocenters. The van der Waals surface area contributed by atoms with E-state index in [1.165, 1.54) is 16.1 Å². The minimum Gasteiger partial charge on any atom is -0.435 e. The van der Waals surface area contributed by atoms with Crippen molar-refractivity contribution < 1.29 is 18.4 Å². The molecule has 0 bridgehead atoms. The van der Waals surface area contributed by atoms with Crippen molar-refractivity contribution in [2.45, 2.75) is 0 Å². The van der Waals surface area contributed by atoms with Gasteiger partial charge in [0.05, 0.1) is 11.4 Å². The number of fused-ring (bicyclic) bond motifs is 1. The maximum atomic E-state index is 13.4. The van der Waals surface area contributed by atoms with Gasteiger partial charge < -0.3 is 8.83 Å². The summed E-state index contributed by atoms with van der Waals surface area (Å²) in [6.45, 7) is 0.